The number of nitrogens with one attached hydrogen (secondary N) is 1. The number of alkyl halides is 2. The second-order valence-corrected chi connectivity index (χ2v) is 16.7. The van der Waals surface area contributed by atoms with E-state index in [4.69, 9.17) is 0 Å². The van der Waals surface area contributed by atoms with Crippen LogP contribution in [0.2, 0.25) is 0 Å². The Morgan fingerprint density at radius 2 is 1.71 bits per heavy atom. The third-order valence-electron chi connectivity index (χ3n) is 11.3. The van der Waals surface area contributed by atoms with Crippen LogP contribution in [-0.2, 0) is 27.7 Å². The molecule has 5 atom stereocenters. The van der Waals surface area contributed by atoms with Crippen LogP contribution in [-0.4, -0.2) is 58.0 Å². The maximum Gasteiger partial charge on any atom is 0.278 e. The van der Waals surface area contributed by atoms with Crippen LogP contribution in [0.1, 0.15) is 101 Å². The smallest absolute Gasteiger partial charge is 0.278 e. The molecule has 1 N–H and O–H groups in total. The Hall–Kier alpha value is -3.50. The lowest BCUT2D eigenvalue weighted by atomic mass is 9.77. The van der Waals surface area contributed by atoms with Crippen LogP contribution in [0.15, 0.2) is 35.4 Å². The van der Waals surface area contributed by atoms with Crippen LogP contribution >= 0.6 is 0 Å². The summed E-state index contributed by atoms with van der Waals surface area (Å²) in [5, 5.41) is 14.0. The van der Waals surface area contributed by atoms with Gasteiger partial charge in [-0.15, -0.1) is 0 Å². The van der Waals surface area contributed by atoms with Gasteiger partial charge in [-0.2, -0.15) is 5.26 Å². The summed E-state index contributed by atoms with van der Waals surface area (Å²) in [6, 6.07) is 7.30. The molecule has 7 rings (SSSR count). The number of nitriles is 1. The number of pyridine rings is 1. The third kappa shape index (κ3) is 6.70. The zero-order valence-corrected chi connectivity index (χ0v) is 29.2. The van der Waals surface area contributed by atoms with Gasteiger partial charge in [0.1, 0.15) is 33.4 Å². The molecule has 1 aromatic carbocycles. The van der Waals surface area contributed by atoms with Crippen molar-refractivity contribution in [3.05, 3.63) is 63.5 Å². The van der Waals surface area contributed by atoms with Crippen molar-refractivity contribution in [2.45, 2.75) is 115 Å². The van der Waals surface area contributed by atoms with Crippen LogP contribution in [0, 0.1) is 23.1 Å². The zero-order valence-electron chi connectivity index (χ0n) is 28.4. The van der Waals surface area contributed by atoms with Crippen molar-refractivity contribution in [2.24, 2.45) is 5.92 Å². The van der Waals surface area contributed by atoms with Gasteiger partial charge in [0.25, 0.3) is 11.5 Å². The summed E-state index contributed by atoms with van der Waals surface area (Å²) < 4.78 is 74.7. The van der Waals surface area contributed by atoms with Crippen molar-refractivity contribution in [2.75, 3.05) is 23.4 Å². The predicted octanol–water partition coefficient (Wildman–Crippen LogP) is 6.62. The lowest BCUT2D eigenvalue weighted by molar-refractivity contribution is -0.100. The Labute approximate surface area is 285 Å². The molecule has 0 amide bonds. The van der Waals surface area contributed by atoms with Gasteiger partial charge in [-0.1, -0.05) is 37.5 Å². The minimum atomic E-state index is -3.37. The van der Waals surface area contributed by atoms with E-state index in [0.29, 0.717) is 30.5 Å². The van der Waals surface area contributed by atoms with Gasteiger partial charge in [-0.25, -0.2) is 31.6 Å². The molecule has 2 fully saturated rings. The highest BCUT2D eigenvalue weighted by atomic mass is 32.2. The summed E-state index contributed by atoms with van der Waals surface area (Å²) in [5.41, 5.74) is -1.77. The molecule has 4 aliphatic heterocycles. The van der Waals surface area contributed by atoms with Gasteiger partial charge < -0.3 is 5.32 Å². The molecule has 264 valence electrons. The Morgan fingerprint density at radius 1 is 0.980 bits per heavy atom. The summed E-state index contributed by atoms with van der Waals surface area (Å²) in [4.78, 5) is 25.4. The number of nitrogens with zero attached hydrogens (tertiary/aromatic N) is 5. The molecule has 4 aliphatic rings. The number of hydrogen-bond acceptors (Lipinski definition) is 8. The molecular weight excluding hydrogens is 653 g/mol. The Bertz CT molecular complexity index is 1910. The number of piperidine rings is 1. The number of aromatic nitrogens is 3. The second-order valence-electron chi connectivity index (χ2n) is 14.4. The van der Waals surface area contributed by atoms with Crippen LogP contribution in [0.5, 0.6) is 0 Å². The standard InChI is InChI=1S/C36H45F3N6O3S/c1-23-9-6-4-5-7-15-45-33-28(20-30(34(45)46)35(21-40)13-17-49(47,48)18-14-35)32(41-22-42-33)43-25(3)27-10-8-11-29(31(27)37)36(38,39)26-12-16-44(23)24(2)19-26/h8,10-11,20,22-26H,4-7,9,12-19H2,1-3H3,(H,41,42,43)/t23?,24?,25-,26?/m1/s1. The molecule has 6 heterocycles. The van der Waals surface area contributed by atoms with Gasteiger partial charge in [0.05, 0.1) is 40.0 Å². The number of sulfone groups is 1. The first-order valence-electron chi connectivity index (χ1n) is 17.5. The number of hydrogen-bond donors (Lipinski definition) is 1. The quantitative estimate of drug-likeness (QED) is 0.301. The maximum absolute atomic E-state index is 16.2. The summed E-state index contributed by atoms with van der Waals surface area (Å²) in [6.45, 7) is 6.64. The number of fused-ring (bicyclic) bond motifs is 9. The minimum Gasteiger partial charge on any atom is -0.363 e. The molecule has 49 heavy (non-hydrogen) atoms. The van der Waals surface area contributed by atoms with Gasteiger partial charge >= 0.3 is 0 Å². The van der Waals surface area contributed by atoms with Crippen molar-refractivity contribution in [3.63, 3.8) is 0 Å². The molecule has 3 aromatic rings. The highest BCUT2D eigenvalue weighted by Crippen LogP contribution is 2.45. The average Bonchev–Trinajstić information content (AvgIpc) is 3.07. The van der Waals surface area contributed by atoms with Crippen LogP contribution in [0.25, 0.3) is 11.0 Å². The number of aryl methyl sites for hydroxylation is 1. The fourth-order valence-electron chi connectivity index (χ4n) is 8.22. The number of anilines is 1. The first-order chi connectivity index (χ1) is 23.3. The number of benzene rings is 1. The topological polar surface area (TPSA) is 121 Å². The maximum atomic E-state index is 16.2. The van der Waals surface area contributed by atoms with Gasteiger partial charge in [-0.05, 0) is 71.9 Å². The Balaban J connectivity index is 1.46. The van der Waals surface area contributed by atoms with E-state index in [2.05, 4.69) is 33.2 Å². The van der Waals surface area contributed by atoms with Crippen LogP contribution in [0.3, 0.4) is 0 Å². The van der Waals surface area contributed by atoms with Gasteiger partial charge in [0, 0.05) is 35.7 Å². The summed E-state index contributed by atoms with van der Waals surface area (Å²) in [5.74, 6) is -5.49. The molecule has 0 aliphatic carbocycles. The summed E-state index contributed by atoms with van der Waals surface area (Å²) >= 11 is 0. The van der Waals surface area contributed by atoms with Crippen molar-refractivity contribution in [3.8, 4) is 6.07 Å². The molecule has 8 bridgehead atoms. The van der Waals surface area contributed by atoms with Gasteiger partial charge in [0.2, 0.25) is 0 Å². The van der Waals surface area contributed by atoms with Gasteiger partial charge in [0.15, 0.2) is 0 Å². The zero-order chi connectivity index (χ0) is 35.1. The highest BCUT2D eigenvalue weighted by molar-refractivity contribution is 7.91. The Morgan fingerprint density at radius 3 is 2.43 bits per heavy atom. The van der Waals surface area contributed by atoms with E-state index in [1.54, 1.807) is 17.6 Å². The van der Waals surface area contributed by atoms with Crippen LogP contribution < -0.4 is 10.9 Å². The van der Waals surface area contributed by atoms with Crippen LogP contribution in [0.4, 0.5) is 19.0 Å². The number of halogens is 3. The van der Waals surface area contributed by atoms with E-state index in [1.807, 2.05) is 6.92 Å². The van der Waals surface area contributed by atoms with E-state index < -0.39 is 50.1 Å². The SMILES string of the molecule is CC1CCCCCCn2c(=O)c(C3(C#N)CCS(=O)(=O)CC3)cc3c(ncnc32)N[C@H](C)c2cccc(c2F)C(F)(F)C2CCN1C(C)C2. The highest BCUT2D eigenvalue weighted by Gasteiger charge is 2.47. The fraction of sp³-hybridized carbons (Fsp3) is 0.611. The van der Waals surface area contributed by atoms with E-state index in [1.165, 1.54) is 24.5 Å². The van der Waals surface area contributed by atoms with E-state index in [9.17, 15) is 18.5 Å². The normalized spacial score (nSPS) is 28.6. The van der Waals surface area contributed by atoms with Crippen molar-refractivity contribution >= 4 is 26.7 Å². The molecule has 2 saturated heterocycles. The summed E-state index contributed by atoms with van der Waals surface area (Å²) in [7, 11) is -3.33. The van der Waals surface area contributed by atoms with E-state index >= 15 is 13.2 Å². The second kappa shape index (κ2) is 13.7. The first kappa shape index (κ1) is 35.3. The van der Waals surface area contributed by atoms with Gasteiger partial charge in [-0.3, -0.25) is 14.3 Å². The summed E-state index contributed by atoms with van der Waals surface area (Å²) in [6.07, 6.45) is 6.13. The molecule has 13 heteroatoms. The monoisotopic (exact) mass is 698 g/mol. The minimum absolute atomic E-state index is 0.0134. The molecule has 0 saturated carbocycles. The number of rotatable bonds is 1. The molecule has 4 unspecified atom stereocenters. The Kier molecular flexibility index (Phi) is 9.85. The van der Waals surface area contributed by atoms with Crippen molar-refractivity contribution in [1.82, 2.24) is 19.4 Å². The average molecular weight is 699 g/mol. The lowest BCUT2D eigenvalue weighted by Crippen LogP contribution is -2.48. The molecule has 9 nitrogen and oxygen atoms in total. The van der Waals surface area contributed by atoms with Crippen molar-refractivity contribution in [1.29, 1.82) is 5.26 Å². The van der Waals surface area contributed by atoms with Crippen molar-refractivity contribution < 1.29 is 21.6 Å². The third-order valence-corrected chi connectivity index (χ3v) is 12.9. The lowest BCUT2D eigenvalue weighted by Gasteiger charge is -2.43. The molecular formula is C36H45F3N6O3S. The van der Waals surface area contributed by atoms with E-state index in [-0.39, 0.29) is 66.2 Å². The predicted molar refractivity (Wildman–Crippen MR) is 183 cm³/mol. The fourth-order valence-corrected chi connectivity index (χ4v) is 9.75. The molecule has 0 spiro atoms. The first-order valence-corrected chi connectivity index (χ1v) is 19.3. The molecule has 0 radical (unpaired) electrons. The van der Waals surface area contributed by atoms with E-state index in [0.717, 1.165) is 25.7 Å². The largest absolute Gasteiger partial charge is 0.363 e. The molecule has 2 aromatic heterocycles.